The van der Waals surface area contributed by atoms with E-state index in [9.17, 15) is 4.79 Å². The molecule has 0 saturated carbocycles. The van der Waals surface area contributed by atoms with Gasteiger partial charge in [-0.1, -0.05) is 0 Å². The van der Waals surface area contributed by atoms with Crippen molar-refractivity contribution in [2.45, 2.75) is 20.0 Å². The molecule has 0 N–H and O–H groups in total. The van der Waals surface area contributed by atoms with Crippen LogP contribution in [0.1, 0.15) is 13.8 Å². The Morgan fingerprint density at radius 2 is 2.20 bits per heavy atom. The second-order valence-corrected chi connectivity index (χ2v) is 1.91. The van der Waals surface area contributed by atoms with Crippen molar-refractivity contribution in [3.8, 4) is 0 Å². The fourth-order valence-electron chi connectivity index (χ4n) is 0.477. The standard InChI is InChI=1S/C7H14O3/c1-3-9-4-5-10-7(2)6-8/h6-7H,3-5H2,1-2H3. The maximum absolute atomic E-state index is 10.0. The molecule has 0 aromatic rings. The summed E-state index contributed by atoms with van der Waals surface area (Å²) in [6, 6.07) is 0. The van der Waals surface area contributed by atoms with Crippen LogP contribution in [0, 0.1) is 0 Å². The maximum atomic E-state index is 10.0. The minimum atomic E-state index is -0.305. The SMILES string of the molecule is CCOCCOC(C)C=O. The van der Waals surface area contributed by atoms with Crippen LogP contribution in [-0.4, -0.2) is 32.2 Å². The van der Waals surface area contributed by atoms with Gasteiger partial charge in [0.15, 0.2) is 0 Å². The summed E-state index contributed by atoms with van der Waals surface area (Å²) in [5.74, 6) is 0. The first kappa shape index (κ1) is 9.59. The van der Waals surface area contributed by atoms with E-state index in [4.69, 9.17) is 9.47 Å². The Morgan fingerprint density at radius 1 is 1.50 bits per heavy atom. The zero-order valence-corrected chi connectivity index (χ0v) is 6.50. The minimum Gasteiger partial charge on any atom is -0.379 e. The number of ether oxygens (including phenoxy) is 2. The molecule has 1 unspecified atom stereocenters. The van der Waals surface area contributed by atoms with E-state index in [1.54, 1.807) is 6.92 Å². The highest BCUT2D eigenvalue weighted by atomic mass is 16.5. The Hall–Kier alpha value is -0.410. The molecular weight excluding hydrogens is 132 g/mol. The first-order valence-electron chi connectivity index (χ1n) is 3.46. The van der Waals surface area contributed by atoms with Gasteiger partial charge in [0.2, 0.25) is 0 Å². The zero-order valence-electron chi connectivity index (χ0n) is 6.50. The molecule has 0 aromatic carbocycles. The van der Waals surface area contributed by atoms with E-state index >= 15 is 0 Å². The van der Waals surface area contributed by atoms with Crippen molar-refractivity contribution in [1.29, 1.82) is 0 Å². The van der Waals surface area contributed by atoms with Gasteiger partial charge in [-0.25, -0.2) is 0 Å². The third-order valence-corrected chi connectivity index (χ3v) is 1.00. The summed E-state index contributed by atoms with van der Waals surface area (Å²) in [6.07, 6.45) is 0.465. The Balaban J connectivity index is 2.95. The number of hydrogen-bond donors (Lipinski definition) is 0. The molecule has 0 saturated heterocycles. The molecule has 60 valence electrons. The Labute approximate surface area is 61.3 Å². The second kappa shape index (κ2) is 6.71. The number of rotatable bonds is 6. The molecule has 0 heterocycles. The molecular formula is C7H14O3. The highest BCUT2D eigenvalue weighted by Gasteiger charge is 1.96. The van der Waals surface area contributed by atoms with Crippen LogP contribution in [-0.2, 0) is 14.3 Å². The first-order valence-corrected chi connectivity index (χ1v) is 3.46. The third kappa shape index (κ3) is 5.72. The summed E-state index contributed by atoms with van der Waals surface area (Å²) in [4.78, 5) is 10.0. The van der Waals surface area contributed by atoms with Crippen molar-refractivity contribution < 1.29 is 14.3 Å². The Kier molecular flexibility index (Phi) is 6.43. The van der Waals surface area contributed by atoms with Crippen LogP contribution < -0.4 is 0 Å². The number of hydrogen-bond acceptors (Lipinski definition) is 3. The monoisotopic (exact) mass is 146 g/mol. The molecule has 0 bridgehead atoms. The lowest BCUT2D eigenvalue weighted by Gasteiger charge is -2.05. The lowest BCUT2D eigenvalue weighted by Crippen LogP contribution is -2.13. The molecule has 0 fully saturated rings. The molecule has 0 aromatic heterocycles. The molecule has 0 aliphatic carbocycles. The van der Waals surface area contributed by atoms with Gasteiger partial charge in [-0.05, 0) is 13.8 Å². The van der Waals surface area contributed by atoms with Crippen LogP contribution in [0.3, 0.4) is 0 Å². The van der Waals surface area contributed by atoms with E-state index in [-0.39, 0.29) is 6.10 Å². The van der Waals surface area contributed by atoms with Gasteiger partial charge >= 0.3 is 0 Å². The Bertz CT molecular complexity index is 82.9. The van der Waals surface area contributed by atoms with E-state index in [2.05, 4.69) is 0 Å². The average molecular weight is 146 g/mol. The van der Waals surface area contributed by atoms with Crippen LogP contribution in [0.2, 0.25) is 0 Å². The van der Waals surface area contributed by atoms with Crippen molar-refractivity contribution in [1.82, 2.24) is 0 Å². The van der Waals surface area contributed by atoms with Crippen LogP contribution in [0.5, 0.6) is 0 Å². The molecule has 3 nitrogen and oxygen atoms in total. The van der Waals surface area contributed by atoms with Gasteiger partial charge < -0.3 is 14.3 Å². The summed E-state index contributed by atoms with van der Waals surface area (Å²) in [5, 5.41) is 0. The van der Waals surface area contributed by atoms with Gasteiger partial charge in [-0.3, -0.25) is 0 Å². The van der Waals surface area contributed by atoms with Crippen molar-refractivity contribution in [3.63, 3.8) is 0 Å². The molecule has 1 atom stereocenters. The van der Waals surface area contributed by atoms with Gasteiger partial charge in [0.25, 0.3) is 0 Å². The Morgan fingerprint density at radius 3 is 2.70 bits per heavy atom. The molecule has 3 heteroatoms. The van der Waals surface area contributed by atoms with E-state index in [0.717, 1.165) is 6.29 Å². The summed E-state index contributed by atoms with van der Waals surface area (Å²) >= 11 is 0. The minimum absolute atomic E-state index is 0.305. The van der Waals surface area contributed by atoms with Gasteiger partial charge in [0.1, 0.15) is 12.4 Å². The van der Waals surface area contributed by atoms with Gasteiger partial charge in [0, 0.05) is 6.61 Å². The quantitative estimate of drug-likeness (QED) is 0.407. The van der Waals surface area contributed by atoms with Gasteiger partial charge in [0.05, 0.1) is 13.2 Å². The lowest BCUT2D eigenvalue weighted by atomic mass is 10.5. The van der Waals surface area contributed by atoms with Crippen molar-refractivity contribution in [2.75, 3.05) is 19.8 Å². The number of carbonyl (C=O) groups excluding carboxylic acids is 1. The smallest absolute Gasteiger partial charge is 0.148 e. The van der Waals surface area contributed by atoms with Crippen LogP contribution in [0.15, 0.2) is 0 Å². The topological polar surface area (TPSA) is 35.5 Å². The van der Waals surface area contributed by atoms with Crippen LogP contribution in [0.25, 0.3) is 0 Å². The van der Waals surface area contributed by atoms with E-state index < -0.39 is 0 Å². The van der Waals surface area contributed by atoms with E-state index in [1.807, 2.05) is 6.92 Å². The van der Waals surface area contributed by atoms with Crippen molar-refractivity contribution in [2.24, 2.45) is 0 Å². The predicted octanol–water partition coefficient (Wildman–Crippen LogP) is 0.627. The van der Waals surface area contributed by atoms with Crippen molar-refractivity contribution in [3.05, 3.63) is 0 Å². The molecule has 0 aliphatic rings. The number of aldehydes is 1. The summed E-state index contributed by atoms with van der Waals surface area (Å²) in [5.41, 5.74) is 0. The van der Waals surface area contributed by atoms with Gasteiger partial charge in [-0.2, -0.15) is 0 Å². The van der Waals surface area contributed by atoms with Crippen molar-refractivity contribution >= 4 is 6.29 Å². The average Bonchev–Trinajstić information content (AvgIpc) is 1.98. The molecule has 0 radical (unpaired) electrons. The highest BCUT2D eigenvalue weighted by molar-refractivity contribution is 5.55. The normalized spacial score (nSPS) is 13.0. The summed E-state index contributed by atoms with van der Waals surface area (Å²) in [7, 11) is 0. The molecule has 0 amide bonds. The molecule has 0 aliphatic heterocycles. The zero-order chi connectivity index (χ0) is 7.82. The molecule has 0 rings (SSSR count). The van der Waals surface area contributed by atoms with Gasteiger partial charge in [-0.15, -0.1) is 0 Å². The highest BCUT2D eigenvalue weighted by Crippen LogP contribution is 1.84. The molecule has 10 heavy (non-hydrogen) atoms. The first-order chi connectivity index (χ1) is 4.81. The van der Waals surface area contributed by atoms with Crippen LogP contribution >= 0.6 is 0 Å². The maximum Gasteiger partial charge on any atom is 0.148 e. The second-order valence-electron chi connectivity index (χ2n) is 1.91. The fraction of sp³-hybridized carbons (Fsp3) is 0.857. The molecule has 0 spiro atoms. The fourth-order valence-corrected chi connectivity index (χ4v) is 0.477. The van der Waals surface area contributed by atoms with E-state index in [0.29, 0.717) is 19.8 Å². The third-order valence-electron chi connectivity index (χ3n) is 1.00. The summed E-state index contributed by atoms with van der Waals surface area (Å²) in [6.45, 7) is 5.38. The lowest BCUT2D eigenvalue weighted by molar-refractivity contribution is -0.117. The van der Waals surface area contributed by atoms with Crippen LogP contribution in [0.4, 0.5) is 0 Å². The predicted molar refractivity (Wildman–Crippen MR) is 38.0 cm³/mol. The number of carbonyl (C=O) groups is 1. The largest absolute Gasteiger partial charge is 0.379 e. The van der Waals surface area contributed by atoms with E-state index in [1.165, 1.54) is 0 Å². The summed E-state index contributed by atoms with van der Waals surface area (Å²) < 4.78 is 9.99.